The number of hydrogen-bond acceptors (Lipinski definition) is 4. The number of carbonyl (C=O) groups excluding carboxylic acids is 1. The van der Waals surface area contributed by atoms with E-state index in [9.17, 15) is 13.2 Å². The standard InChI is InChI=1S/C17H26N2O3S/c1-4-10-23(21,22)13-17(20)19-11-14-8-6-7-9-16(14)18(3)12-15(19)5-2/h6-9,15H,4-5,10-13H2,1-3H3/t15-/m0/s1. The fraction of sp³-hybridized carbons (Fsp3) is 0.588. The van der Waals surface area contributed by atoms with Gasteiger partial charge in [0.2, 0.25) is 5.91 Å². The number of nitrogens with zero attached hydrogens (tertiary/aromatic N) is 2. The van der Waals surface area contributed by atoms with Gasteiger partial charge in [0.25, 0.3) is 0 Å². The number of amides is 1. The number of likely N-dealkylation sites (N-methyl/N-ethyl adjacent to an activating group) is 1. The zero-order valence-electron chi connectivity index (χ0n) is 14.2. The van der Waals surface area contributed by atoms with Crippen molar-refractivity contribution in [1.82, 2.24) is 4.90 Å². The van der Waals surface area contributed by atoms with Crippen molar-refractivity contribution in [2.24, 2.45) is 0 Å². The number of hydrogen-bond donors (Lipinski definition) is 0. The molecule has 0 aromatic heterocycles. The summed E-state index contributed by atoms with van der Waals surface area (Å²) in [5.74, 6) is -0.598. The minimum Gasteiger partial charge on any atom is -0.372 e. The largest absolute Gasteiger partial charge is 0.372 e. The Balaban J connectivity index is 2.27. The third kappa shape index (κ3) is 4.25. The van der Waals surface area contributed by atoms with E-state index in [2.05, 4.69) is 4.90 Å². The lowest BCUT2D eigenvalue weighted by atomic mass is 10.1. The summed E-state index contributed by atoms with van der Waals surface area (Å²) in [4.78, 5) is 16.6. The van der Waals surface area contributed by atoms with Crippen LogP contribution in [0.4, 0.5) is 5.69 Å². The lowest BCUT2D eigenvalue weighted by molar-refractivity contribution is -0.131. The van der Waals surface area contributed by atoms with Crippen LogP contribution in [0, 0.1) is 0 Å². The van der Waals surface area contributed by atoms with E-state index >= 15 is 0 Å². The van der Waals surface area contributed by atoms with Gasteiger partial charge in [-0.25, -0.2) is 8.42 Å². The van der Waals surface area contributed by atoms with E-state index in [-0.39, 0.29) is 23.5 Å². The lowest BCUT2D eigenvalue weighted by Crippen LogP contribution is -2.45. The summed E-state index contributed by atoms with van der Waals surface area (Å²) in [7, 11) is -1.30. The van der Waals surface area contributed by atoms with Gasteiger partial charge in [-0.3, -0.25) is 4.79 Å². The van der Waals surface area contributed by atoms with Crippen LogP contribution in [0.5, 0.6) is 0 Å². The molecule has 0 saturated heterocycles. The molecule has 0 bridgehead atoms. The first-order chi connectivity index (χ1) is 10.9. The highest BCUT2D eigenvalue weighted by Gasteiger charge is 2.30. The van der Waals surface area contributed by atoms with Gasteiger partial charge in [-0.1, -0.05) is 32.0 Å². The van der Waals surface area contributed by atoms with Gasteiger partial charge >= 0.3 is 0 Å². The summed E-state index contributed by atoms with van der Waals surface area (Å²) in [6, 6.07) is 8.01. The normalized spacial score (nSPS) is 18.5. The second kappa shape index (κ2) is 7.34. The van der Waals surface area contributed by atoms with Crippen LogP contribution in [0.2, 0.25) is 0 Å². The molecule has 0 saturated carbocycles. The highest BCUT2D eigenvalue weighted by Crippen LogP contribution is 2.27. The van der Waals surface area contributed by atoms with Crippen molar-refractivity contribution >= 4 is 21.4 Å². The molecule has 23 heavy (non-hydrogen) atoms. The second-order valence-electron chi connectivity index (χ2n) is 6.18. The maximum absolute atomic E-state index is 12.7. The van der Waals surface area contributed by atoms with Crippen LogP contribution in [-0.4, -0.2) is 50.4 Å². The van der Waals surface area contributed by atoms with E-state index in [1.807, 2.05) is 45.2 Å². The summed E-state index contributed by atoms with van der Waals surface area (Å²) < 4.78 is 24.0. The Bertz CT molecular complexity index is 658. The van der Waals surface area contributed by atoms with Gasteiger partial charge < -0.3 is 9.80 Å². The molecule has 1 aromatic carbocycles. The molecule has 1 amide bonds. The van der Waals surface area contributed by atoms with Crippen molar-refractivity contribution in [1.29, 1.82) is 0 Å². The predicted molar refractivity (Wildman–Crippen MR) is 93.3 cm³/mol. The molecule has 0 N–H and O–H groups in total. The van der Waals surface area contributed by atoms with Gasteiger partial charge in [0.15, 0.2) is 9.84 Å². The monoisotopic (exact) mass is 338 g/mol. The molecule has 0 fully saturated rings. The molecular formula is C17H26N2O3S. The van der Waals surface area contributed by atoms with Crippen LogP contribution in [0.1, 0.15) is 32.3 Å². The van der Waals surface area contributed by atoms with Gasteiger partial charge in [0.05, 0.1) is 5.75 Å². The van der Waals surface area contributed by atoms with Crippen molar-refractivity contribution < 1.29 is 13.2 Å². The van der Waals surface area contributed by atoms with Crippen LogP contribution in [0.25, 0.3) is 0 Å². The Morgan fingerprint density at radius 3 is 2.61 bits per heavy atom. The number of benzene rings is 1. The number of carbonyl (C=O) groups is 1. The molecule has 0 radical (unpaired) electrons. The minimum absolute atomic E-state index is 0.0247. The Morgan fingerprint density at radius 1 is 1.26 bits per heavy atom. The van der Waals surface area contributed by atoms with E-state index in [4.69, 9.17) is 0 Å². The van der Waals surface area contributed by atoms with Crippen LogP contribution < -0.4 is 4.90 Å². The average Bonchev–Trinajstić information content (AvgIpc) is 2.63. The van der Waals surface area contributed by atoms with E-state index in [1.54, 1.807) is 4.90 Å². The maximum atomic E-state index is 12.7. The molecule has 5 nitrogen and oxygen atoms in total. The third-order valence-electron chi connectivity index (χ3n) is 4.32. The molecule has 1 atom stereocenters. The van der Waals surface area contributed by atoms with Crippen LogP contribution in [0.3, 0.4) is 0 Å². The predicted octanol–water partition coefficient (Wildman–Crippen LogP) is 2.07. The van der Waals surface area contributed by atoms with Gasteiger partial charge in [-0.2, -0.15) is 0 Å². The highest BCUT2D eigenvalue weighted by atomic mass is 32.2. The third-order valence-corrected chi connectivity index (χ3v) is 6.04. The zero-order chi connectivity index (χ0) is 17.0. The average molecular weight is 338 g/mol. The quantitative estimate of drug-likeness (QED) is 0.825. The molecule has 1 heterocycles. The van der Waals surface area contributed by atoms with E-state index in [1.165, 1.54) is 0 Å². The van der Waals surface area contributed by atoms with Crippen LogP contribution in [-0.2, 0) is 21.2 Å². The van der Waals surface area contributed by atoms with Crippen molar-refractivity contribution in [2.75, 3.05) is 30.0 Å². The van der Waals surface area contributed by atoms with Crippen LogP contribution >= 0.6 is 0 Å². The molecular weight excluding hydrogens is 312 g/mol. The Labute approximate surface area is 139 Å². The molecule has 1 aromatic rings. The number of sulfone groups is 1. The van der Waals surface area contributed by atoms with Crippen LogP contribution in [0.15, 0.2) is 24.3 Å². The molecule has 1 aliphatic heterocycles. The Morgan fingerprint density at radius 2 is 1.96 bits per heavy atom. The number of para-hydroxylation sites is 1. The fourth-order valence-corrected chi connectivity index (χ4v) is 4.45. The highest BCUT2D eigenvalue weighted by molar-refractivity contribution is 7.92. The summed E-state index contributed by atoms with van der Waals surface area (Å²) >= 11 is 0. The second-order valence-corrected chi connectivity index (χ2v) is 8.37. The summed E-state index contributed by atoms with van der Waals surface area (Å²) in [6.07, 6.45) is 1.34. The Kier molecular flexibility index (Phi) is 5.68. The smallest absolute Gasteiger partial charge is 0.238 e. The molecule has 6 heteroatoms. The van der Waals surface area contributed by atoms with Crippen molar-refractivity contribution in [3.63, 3.8) is 0 Å². The first kappa shape index (κ1) is 17.8. The first-order valence-electron chi connectivity index (χ1n) is 8.17. The molecule has 1 aliphatic rings. The molecule has 2 rings (SSSR count). The number of fused-ring (bicyclic) bond motifs is 1. The van der Waals surface area contributed by atoms with Gasteiger partial charge in [0.1, 0.15) is 5.75 Å². The van der Waals surface area contributed by atoms with E-state index in [0.29, 0.717) is 19.5 Å². The molecule has 0 spiro atoms. The fourth-order valence-electron chi connectivity index (χ4n) is 3.14. The van der Waals surface area contributed by atoms with Crippen molar-refractivity contribution in [3.8, 4) is 0 Å². The molecule has 0 aliphatic carbocycles. The summed E-state index contributed by atoms with van der Waals surface area (Å²) in [5, 5.41) is 0. The lowest BCUT2D eigenvalue weighted by Gasteiger charge is -2.30. The number of anilines is 1. The first-order valence-corrected chi connectivity index (χ1v) is 9.99. The van der Waals surface area contributed by atoms with Gasteiger partial charge in [-0.15, -0.1) is 0 Å². The minimum atomic E-state index is -3.32. The van der Waals surface area contributed by atoms with Gasteiger partial charge in [0, 0.05) is 31.9 Å². The molecule has 128 valence electrons. The topological polar surface area (TPSA) is 57.7 Å². The Hall–Kier alpha value is -1.56. The SMILES string of the molecule is CCCS(=O)(=O)CC(=O)N1Cc2ccccc2N(C)C[C@@H]1CC. The van der Waals surface area contributed by atoms with Crippen molar-refractivity contribution in [2.45, 2.75) is 39.3 Å². The molecule has 0 unspecified atom stereocenters. The van der Waals surface area contributed by atoms with Gasteiger partial charge in [-0.05, 0) is 24.5 Å². The van der Waals surface area contributed by atoms with Crippen molar-refractivity contribution in [3.05, 3.63) is 29.8 Å². The summed E-state index contributed by atoms with van der Waals surface area (Å²) in [5.41, 5.74) is 2.17. The summed E-state index contributed by atoms with van der Waals surface area (Å²) in [6.45, 7) is 5.04. The zero-order valence-corrected chi connectivity index (χ0v) is 15.0. The van der Waals surface area contributed by atoms with E-state index in [0.717, 1.165) is 17.7 Å². The number of rotatable bonds is 5. The van der Waals surface area contributed by atoms with E-state index < -0.39 is 9.84 Å². The maximum Gasteiger partial charge on any atom is 0.238 e.